The van der Waals surface area contributed by atoms with E-state index in [4.69, 9.17) is 4.74 Å². The summed E-state index contributed by atoms with van der Waals surface area (Å²) >= 11 is 3.27. The highest BCUT2D eigenvalue weighted by Gasteiger charge is 2.12. The molecule has 0 bridgehead atoms. The van der Waals surface area contributed by atoms with E-state index in [-0.39, 0.29) is 0 Å². The molecule has 0 radical (unpaired) electrons. The number of ether oxygens (including phenoxy) is 1. The maximum absolute atomic E-state index is 11.6. The number of anilines is 1. The van der Waals surface area contributed by atoms with Crippen molar-refractivity contribution in [3.63, 3.8) is 0 Å². The third-order valence-corrected chi connectivity index (χ3v) is 3.51. The first kappa shape index (κ1) is 14.3. The first-order valence-corrected chi connectivity index (χ1v) is 7.37. The van der Waals surface area contributed by atoms with E-state index >= 15 is 0 Å². The quantitative estimate of drug-likeness (QED) is 0.843. The summed E-state index contributed by atoms with van der Waals surface area (Å²) < 4.78 is 34.0. The van der Waals surface area contributed by atoms with Crippen LogP contribution in [0.1, 0.15) is 13.3 Å². The Kier molecular flexibility index (Phi) is 5.23. The van der Waals surface area contributed by atoms with E-state index in [9.17, 15) is 8.42 Å². The van der Waals surface area contributed by atoms with E-state index in [1.165, 1.54) is 7.11 Å². The minimum Gasteiger partial charge on any atom is -0.495 e. The van der Waals surface area contributed by atoms with E-state index < -0.39 is 10.2 Å². The van der Waals surface area contributed by atoms with Crippen molar-refractivity contribution in [2.75, 3.05) is 18.4 Å². The molecule has 0 aliphatic heterocycles. The second kappa shape index (κ2) is 6.23. The average Bonchev–Trinajstić information content (AvgIpc) is 2.26. The number of halogens is 1. The highest BCUT2D eigenvalue weighted by molar-refractivity contribution is 9.10. The van der Waals surface area contributed by atoms with Crippen molar-refractivity contribution in [3.05, 3.63) is 22.7 Å². The highest BCUT2D eigenvalue weighted by atomic mass is 79.9. The van der Waals surface area contributed by atoms with Gasteiger partial charge in [-0.05, 0) is 24.6 Å². The molecule has 0 amide bonds. The molecule has 0 unspecified atom stereocenters. The molecule has 0 fully saturated rings. The summed E-state index contributed by atoms with van der Waals surface area (Å²) in [6.07, 6.45) is 0.733. The molecule has 96 valence electrons. The summed E-state index contributed by atoms with van der Waals surface area (Å²) in [6.45, 7) is 2.29. The van der Waals surface area contributed by atoms with Crippen molar-refractivity contribution in [3.8, 4) is 5.75 Å². The number of hydrogen-bond donors (Lipinski definition) is 2. The van der Waals surface area contributed by atoms with Crippen molar-refractivity contribution in [2.24, 2.45) is 0 Å². The molecule has 1 aromatic carbocycles. The van der Waals surface area contributed by atoms with Gasteiger partial charge in [-0.1, -0.05) is 22.9 Å². The molecule has 2 N–H and O–H groups in total. The van der Waals surface area contributed by atoms with Crippen LogP contribution in [0.2, 0.25) is 0 Å². The third-order valence-electron chi connectivity index (χ3n) is 1.95. The van der Waals surface area contributed by atoms with Gasteiger partial charge in [0.15, 0.2) is 0 Å². The Bertz CT molecular complexity index is 476. The summed E-state index contributed by atoms with van der Waals surface area (Å²) in [4.78, 5) is 0. The zero-order chi connectivity index (χ0) is 12.9. The van der Waals surface area contributed by atoms with Crippen molar-refractivity contribution in [2.45, 2.75) is 13.3 Å². The first-order chi connectivity index (χ1) is 7.98. The minimum atomic E-state index is -3.55. The lowest BCUT2D eigenvalue weighted by molar-refractivity contribution is 0.417. The number of rotatable bonds is 6. The predicted molar refractivity (Wildman–Crippen MR) is 71.5 cm³/mol. The molecule has 5 nitrogen and oxygen atoms in total. The van der Waals surface area contributed by atoms with Gasteiger partial charge in [-0.15, -0.1) is 0 Å². The lowest BCUT2D eigenvalue weighted by Crippen LogP contribution is -2.30. The summed E-state index contributed by atoms with van der Waals surface area (Å²) in [7, 11) is -2.06. The molecule has 0 spiro atoms. The van der Waals surface area contributed by atoms with Gasteiger partial charge in [-0.2, -0.15) is 13.1 Å². The van der Waals surface area contributed by atoms with Crippen LogP contribution in [-0.2, 0) is 10.2 Å². The third kappa shape index (κ3) is 4.53. The Hall–Kier alpha value is -0.790. The van der Waals surface area contributed by atoms with E-state index in [1.54, 1.807) is 18.2 Å². The minimum absolute atomic E-state index is 0.394. The van der Waals surface area contributed by atoms with Gasteiger partial charge in [0.05, 0.1) is 12.8 Å². The lowest BCUT2D eigenvalue weighted by Gasteiger charge is -2.12. The molecule has 17 heavy (non-hydrogen) atoms. The number of methoxy groups -OCH3 is 1. The van der Waals surface area contributed by atoms with Crippen LogP contribution in [0.3, 0.4) is 0 Å². The molecule has 1 aromatic rings. The lowest BCUT2D eigenvalue weighted by atomic mass is 10.3. The fourth-order valence-corrected chi connectivity index (χ4v) is 2.53. The molecule has 0 atom stereocenters. The zero-order valence-electron chi connectivity index (χ0n) is 9.66. The topological polar surface area (TPSA) is 67.4 Å². The van der Waals surface area contributed by atoms with E-state index in [0.717, 1.165) is 10.9 Å². The molecular weight excluding hydrogens is 308 g/mol. The van der Waals surface area contributed by atoms with Gasteiger partial charge in [0, 0.05) is 11.0 Å². The Morgan fingerprint density at radius 1 is 1.41 bits per heavy atom. The van der Waals surface area contributed by atoms with Crippen LogP contribution in [0.25, 0.3) is 0 Å². The Morgan fingerprint density at radius 2 is 2.12 bits per heavy atom. The molecule has 0 heterocycles. The van der Waals surface area contributed by atoms with Crippen LogP contribution in [0.4, 0.5) is 5.69 Å². The maximum atomic E-state index is 11.6. The van der Waals surface area contributed by atoms with Gasteiger partial charge in [-0.3, -0.25) is 4.72 Å². The van der Waals surface area contributed by atoms with Gasteiger partial charge in [-0.25, -0.2) is 0 Å². The molecule has 1 rings (SSSR count). The average molecular weight is 323 g/mol. The summed E-state index contributed by atoms with van der Waals surface area (Å²) in [5.74, 6) is 0.468. The Balaban J connectivity index is 2.90. The largest absolute Gasteiger partial charge is 0.495 e. The van der Waals surface area contributed by atoms with Gasteiger partial charge in [0.1, 0.15) is 5.75 Å². The van der Waals surface area contributed by atoms with Crippen molar-refractivity contribution >= 4 is 31.8 Å². The van der Waals surface area contributed by atoms with Crippen LogP contribution in [0.15, 0.2) is 22.7 Å². The second-order valence-corrected chi connectivity index (χ2v) is 5.76. The molecule has 0 aliphatic rings. The fourth-order valence-electron chi connectivity index (χ4n) is 1.18. The van der Waals surface area contributed by atoms with E-state index in [0.29, 0.717) is 18.0 Å². The molecule has 7 heteroatoms. The molecule has 0 aromatic heterocycles. The smallest absolute Gasteiger partial charge is 0.299 e. The summed E-state index contributed by atoms with van der Waals surface area (Å²) in [5, 5.41) is 0. The normalized spacial score (nSPS) is 11.2. The molecular formula is C10H15BrN2O3S. The van der Waals surface area contributed by atoms with Crippen molar-refractivity contribution in [1.82, 2.24) is 4.72 Å². The van der Waals surface area contributed by atoms with Crippen LogP contribution < -0.4 is 14.2 Å². The van der Waals surface area contributed by atoms with Crippen molar-refractivity contribution < 1.29 is 13.2 Å². The van der Waals surface area contributed by atoms with Gasteiger partial charge in [0.25, 0.3) is 10.2 Å². The van der Waals surface area contributed by atoms with Crippen LogP contribution in [-0.4, -0.2) is 22.1 Å². The first-order valence-electron chi connectivity index (χ1n) is 5.09. The Morgan fingerprint density at radius 3 is 2.71 bits per heavy atom. The van der Waals surface area contributed by atoms with Gasteiger partial charge < -0.3 is 4.74 Å². The summed E-state index contributed by atoms with van der Waals surface area (Å²) in [6, 6.07) is 5.10. The standard InChI is InChI=1S/C10H15BrN2O3S/c1-3-6-12-17(14,15)13-9-7-8(11)4-5-10(9)16-2/h4-5,7,12-13H,3,6H2,1-2H3. The summed E-state index contributed by atoms with van der Waals surface area (Å²) in [5.41, 5.74) is 0.394. The molecule has 0 saturated heterocycles. The van der Waals surface area contributed by atoms with Crippen LogP contribution in [0.5, 0.6) is 5.75 Å². The van der Waals surface area contributed by atoms with E-state index in [2.05, 4.69) is 25.4 Å². The van der Waals surface area contributed by atoms with Crippen LogP contribution in [0, 0.1) is 0 Å². The maximum Gasteiger partial charge on any atom is 0.299 e. The second-order valence-electron chi connectivity index (χ2n) is 3.34. The SMILES string of the molecule is CCCNS(=O)(=O)Nc1cc(Br)ccc1OC. The Labute approximate surface area is 110 Å². The number of hydrogen-bond acceptors (Lipinski definition) is 3. The molecule has 0 aliphatic carbocycles. The number of benzene rings is 1. The van der Waals surface area contributed by atoms with Crippen molar-refractivity contribution in [1.29, 1.82) is 0 Å². The van der Waals surface area contributed by atoms with Crippen LogP contribution >= 0.6 is 15.9 Å². The highest BCUT2D eigenvalue weighted by Crippen LogP contribution is 2.28. The van der Waals surface area contributed by atoms with E-state index in [1.807, 2.05) is 6.92 Å². The number of nitrogens with one attached hydrogen (secondary N) is 2. The monoisotopic (exact) mass is 322 g/mol. The van der Waals surface area contributed by atoms with Gasteiger partial charge in [0.2, 0.25) is 0 Å². The molecule has 0 saturated carbocycles. The van der Waals surface area contributed by atoms with Gasteiger partial charge >= 0.3 is 0 Å². The zero-order valence-corrected chi connectivity index (χ0v) is 12.1. The predicted octanol–water partition coefficient (Wildman–Crippen LogP) is 2.11. The fraction of sp³-hybridized carbons (Fsp3) is 0.400.